The molecule has 0 saturated carbocycles. The van der Waals surface area contributed by atoms with Gasteiger partial charge in [0.25, 0.3) is 5.91 Å². The molecule has 9 heteroatoms. The molecule has 1 heterocycles. The monoisotopic (exact) mass is 462 g/mol. The van der Waals surface area contributed by atoms with Crippen molar-refractivity contribution < 1.29 is 23.9 Å². The van der Waals surface area contributed by atoms with Crippen LogP contribution in [0.2, 0.25) is 0 Å². The first kappa shape index (κ1) is 24.5. The molecule has 1 aliphatic heterocycles. The second kappa shape index (κ2) is 11.6. The molecule has 1 saturated heterocycles. The Balaban J connectivity index is 1.69. The Bertz CT molecular complexity index is 1120. The fourth-order valence-corrected chi connectivity index (χ4v) is 3.61. The third-order valence-electron chi connectivity index (χ3n) is 5.48. The molecular weight excluding hydrogens is 436 g/mol. The molecule has 3 rings (SSSR count). The smallest absolute Gasteiger partial charge is 0.339 e. The highest BCUT2D eigenvalue weighted by Gasteiger charge is 2.24. The van der Waals surface area contributed by atoms with Crippen LogP contribution in [0.25, 0.3) is 0 Å². The van der Waals surface area contributed by atoms with Crippen LogP contribution in [-0.2, 0) is 20.8 Å². The molecule has 0 atom stereocenters. The number of benzene rings is 2. The lowest BCUT2D eigenvalue weighted by Gasteiger charge is -2.34. The fraction of sp³-hybridized carbons (Fsp3) is 0.280. The third-order valence-corrected chi connectivity index (χ3v) is 5.48. The topological polar surface area (TPSA) is 112 Å². The van der Waals surface area contributed by atoms with Gasteiger partial charge in [0.05, 0.1) is 31.0 Å². The molecule has 176 valence electrons. The van der Waals surface area contributed by atoms with Crippen molar-refractivity contribution in [1.29, 1.82) is 5.26 Å². The van der Waals surface area contributed by atoms with E-state index in [4.69, 9.17) is 9.47 Å². The third kappa shape index (κ3) is 5.99. The quantitative estimate of drug-likeness (QED) is 0.379. The van der Waals surface area contributed by atoms with E-state index in [9.17, 15) is 19.6 Å². The molecule has 1 N–H and O–H groups in total. The van der Waals surface area contributed by atoms with Crippen LogP contribution in [-0.4, -0.2) is 68.0 Å². The second-order valence-electron chi connectivity index (χ2n) is 7.61. The van der Waals surface area contributed by atoms with Crippen molar-refractivity contribution in [2.24, 2.45) is 0 Å². The first-order valence-electron chi connectivity index (χ1n) is 10.7. The van der Waals surface area contributed by atoms with Gasteiger partial charge < -0.3 is 19.7 Å². The van der Waals surface area contributed by atoms with Crippen molar-refractivity contribution in [3.05, 3.63) is 77.0 Å². The second-order valence-corrected chi connectivity index (χ2v) is 7.61. The van der Waals surface area contributed by atoms with Crippen molar-refractivity contribution in [2.75, 3.05) is 45.7 Å². The van der Waals surface area contributed by atoms with Gasteiger partial charge in [-0.3, -0.25) is 9.69 Å². The van der Waals surface area contributed by atoms with E-state index in [0.717, 1.165) is 6.54 Å². The normalized spacial score (nSPS) is 14.1. The zero-order chi connectivity index (χ0) is 24.5. The number of piperazine rings is 1. The molecule has 0 radical (unpaired) electrons. The van der Waals surface area contributed by atoms with Crippen molar-refractivity contribution in [2.45, 2.75) is 6.54 Å². The molecule has 0 aromatic heterocycles. The lowest BCUT2D eigenvalue weighted by molar-refractivity contribution is -0.128. The summed E-state index contributed by atoms with van der Waals surface area (Å²) in [6.45, 7) is 3.19. The summed E-state index contributed by atoms with van der Waals surface area (Å²) in [5.41, 5.74) is 1.65. The lowest BCUT2D eigenvalue weighted by Crippen LogP contribution is -2.48. The summed E-state index contributed by atoms with van der Waals surface area (Å²) in [4.78, 5) is 40.8. The Morgan fingerprint density at radius 1 is 1.00 bits per heavy atom. The number of rotatable bonds is 7. The summed E-state index contributed by atoms with van der Waals surface area (Å²) in [7, 11) is 2.48. The molecule has 0 aliphatic carbocycles. The number of ether oxygens (including phenoxy) is 2. The summed E-state index contributed by atoms with van der Waals surface area (Å²) in [6, 6.07) is 16.3. The van der Waals surface area contributed by atoms with Crippen molar-refractivity contribution in [3.63, 3.8) is 0 Å². The van der Waals surface area contributed by atoms with E-state index < -0.39 is 17.8 Å². The van der Waals surface area contributed by atoms with Gasteiger partial charge in [0, 0.05) is 38.9 Å². The number of carbonyl (C=O) groups excluding carboxylic acids is 3. The predicted molar refractivity (Wildman–Crippen MR) is 125 cm³/mol. The highest BCUT2D eigenvalue weighted by Crippen LogP contribution is 2.20. The molecule has 34 heavy (non-hydrogen) atoms. The Morgan fingerprint density at radius 2 is 1.68 bits per heavy atom. The van der Waals surface area contributed by atoms with Crippen molar-refractivity contribution in [3.8, 4) is 6.07 Å². The number of amides is 1. The largest absolute Gasteiger partial charge is 0.465 e. The summed E-state index contributed by atoms with van der Waals surface area (Å²) >= 11 is 0. The highest BCUT2D eigenvalue weighted by atomic mass is 16.5. The molecule has 0 spiro atoms. The van der Waals surface area contributed by atoms with E-state index >= 15 is 0 Å². The van der Waals surface area contributed by atoms with Gasteiger partial charge in [0.1, 0.15) is 11.6 Å². The van der Waals surface area contributed by atoms with Gasteiger partial charge in [-0.25, -0.2) is 9.59 Å². The highest BCUT2D eigenvalue weighted by molar-refractivity contribution is 6.00. The Morgan fingerprint density at radius 3 is 2.29 bits per heavy atom. The molecule has 9 nitrogen and oxygen atoms in total. The van der Waals surface area contributed by atoms with Crippen LogP contribution >= 0.6 is 0 Å². The van der Waals surface area contributed by atoms with Crippen LogP contribution < -0.4 is 5.32 Å². The molecular formula is C25H26N4O5. The Labute approximate surface area is 198 Å². The lowest BCUT2D eigenvalue weighted by atomic mass is 10.1. The number of anilines is 1. The summed E-state index contributed by atoms with van der Waals surface area (Å²) in [5, 5.41) is 12.4. The van der Waals surface area contributed by atoms with Gasteiger partial charge in [-0.2, -0.15) is 5.26 Å². The van der Waals surface area contributed by atoms with E-state index in [-0.39, 0.29) is 22.4 Å². The standard InChI is InChI=1S/C25H26N4O5/c1-33-24(31)19-8-9-21(25(32)34-2)22(14-19)27-16-20(15-26)23(30)29-12-10-28(11-13-29)17-18-6-4-3-5-7-18/h3-9,14,16,27H,10-13,17H2,1-2H3/b20-16-. The number of nitrogens with one attached hydrogen (secondary N) is 1. The average Bonchev–Trinajstić information content (AvgIpc) is 2.88. The van der Waals surface area contributed by atoms with Gasteiger partial charge in [0.15, 0.2) is 0 Å². The first-order chi connectivity index (χ1) is 16.5. The zero-order valence-corrected chi connectivity index (χ0v) is 19.1. The van der Waals surface area contributed by atoms with E-state index in [1.165, 1.54) is 44.2 Å². The van der Waals surface area contributed by atoms with Crippen molar-refractivity contribution in [1.82, 2.24) is 9.80 Å². The maximum atomic E-state index is 12.9. The number of esters is 2. The van der Waals surface area contributed by atoms with Crippen LogP contribution in [0, 0.1) is 11.3 Å². The van der Waals surface area contributed by atoms with Gasteiger partial charge >= 0.3 is 11.9 Å². The van der Waals surface area contributed by atoms with Crippen LogP contribution in [0.4, 0.5) is 5.69 Å². The van der Waals surface area contributed by atoms with Crippen molar-refractivity contribution >= 4 is 23.5 Å². The summed E-state index contributed by atoms with van der Waals surface area (Å²) < 4.78 is 9.48. The average molecular weight is 463 g/mol. The van der Waals surface area contributed by atoms with E-state index in [0.29, 0.717) is 26.2 Å². The minimum atomic E-state index is -0.633. The van der Waals surface area contributed by atoms with Gasteiger partial charge in [-0.05, 0) is 23.8 Å². The number of nitrogens with zero attached hydrogens (tertiary/aromatic N) is 3. The number of methoxy groups -OCH3 is 2. The van der Waals surface area contributed by atoms with E-state index in [2.05, 4.69) is 22.3 Å². The summed E-state index contributed by atoms with van der Waals surface area (Å²) in [6.07, 6.45) is 1.24. The van der Waals surface area contributed by atoms with Crippen LogP contribution in [0.15, 0.2) is 60.3 Å². The summed E-state index contributed by atoms with van der Waals surface area (Å²) in [5.74, 6) is -1.63. The molecule has 2 aromatic carbocycles. The Hall–Kier alpha value is -4.16. The molecule has 1 fully saturated rings. The fourth-order valence-electron chi connectivity index (χ4n) is 3.61. The number of carbonyl (C=O) groups is 3. The van der Waals surface area contributed by atoms with E-state index in [1.54, 1.807) is 4.90 Å². The minimum Gasteiger partial charge on any atom is -0.465 e. The maximum absolute atomic E-state index is 12.9. The molecule has 0 unspecified atom stereocenters. The number of hydrogen-bond donors (Lipinski definition) is 1. The zero-order valence-electron chi connectivity index (χ0n) is 19.1. The van der Waals surface area contributed by atoms with Crippen LogP contribution in [0.3, 0.4) is 0 Å². The predicted octanol–water partition coefficient (Wildman–Crippen LogP) is 2.42. The molecule has 1 aliphatic rings. The molecule has 2 aromatic rings. The molecule has 1 amide bonds. The first-order valence-corrected chi connectivity index (χ1v) is 10.7. The number of nitriles is 1. The maximum Gasteiger partial charge on any atom is 0.339 e. The van der Waals surface area contributed by atoms with Crippen LogP contribution in [0.1, 0.15) is 26.3 Å². The SMILES string of the molecule is COC(=O)c1ccc(C(=O)OC)c(N/C=C(/C#N)C(=O)N2CCN(Cc3ccccc3)CC2)c1. The number of hydrogen-bond acceptors (Lipinski definition) is 8. The van der Waals surface area contributed by atoms with Crippen LogP contribution in [0.5, 0.6) is 0 Å². The van der Waals surface area contributed by atoms with Gasteiger partial charge in [-0.1, -0.05) is 30.3 Å². The minimum absolute atomic E-state index is 0.115. The van der Waals surface area contributed by atoms with Gasteiger partial charge in [-0.15, -0.1) is 0 Å². The Kier molecular flexibility index (Phi) is 8.37. The van der Waals surface area contributed by atoms with E-state index in [1.807, 2.05) is 24.3 Å². The molecule has 0 bridgehead atoms. The van der Waals surface area contributed by atoms with Gasteiger partial charge in [0.2, 0.25) is 0 Å².